The standard InChI is InChI=1S/C44H39ClFN5O6/c1-44-33(18-5-24-6-20-37(52)38(21-24)57-4)30-16-17-31-39(32(30)23-34(44)41(54)51(43(44)56)29-15-19-36(46)35(45)22-29)42(55)50(40(31)53)28-13-9-26(10-14-28)48-47-25-7-11-27(12-8-25)49(2)3/h5-16,18-22,31-34,39,52H,17,23H2,1-4H3/t31-,32+,33-,34-,39-,44-/m0/s1. The summed E-state index contributed by atoms with van der Waals surface area (Å²) in [5.41, 5.74) is 2.98. The van der Waals surface area contributed by atoms with E-state index in [1.807, 2.05) is 55.4 Å². The van der Waals surface area contributed by atoms with Gasteiger partial charge in [0.25, 0.3) is 0 Å². The molecular formula is C44H39ClFN5O6. The Morgan fingerprint density at radius 3 is 2.18 bits per heavy atom. The highest BCUT2D eigenvalue weighted by Gasteiger charge is 2.67. The molecule has 8 rings (SSSR count). The molecule has 3 fully saturated rings. The lowest BCUT2D eigenvalue weighted by atomic mass is 9.52. The summed E-state index contributed by atoms with van der Waals surface area (Å²) in [6.07, 6.45) is 6.03. The number of nitrogens with zero attached hydrogens (tertiary/aromatic N) is 5. The zero-order valence-electron chi connectivity index (χ0n) is 31.6. The number of amides is 4. The van der Waals surface area contributed by atoms with Crippen LogP contribution in [-0.2, 0) is 19.2 Å². The smallest absolute Gasteiger partial charge is 0.241 e. The number of carbonyl (C=O) groups excluding carboxylic acids is 4. The van der Waals surface area contributed by atoms with Gasteiger partial charge in [-0.3, -0.25) is 24.1 Å². The van der Waals surface area contributed by atoms with Crippen LogP contribution < -0.4 is 19.4 Å². The summed E-state index contributed by atoms with van der Waals surface area (Å²) in [5, 5.41) is 18.6. The molecule has 57 heavy (non-hydrogen) atoms. The Hall–Kier alpha value is -6.14. The van der Waals surface area contributed by atoms with E-state index >= 15 is 0 Å². The van der Waals surface area contributed by atoms with Gasteiger partial charge in [0.15, 0.2) is 11.5 Å². The lowest BCUT2D eigenvalue weighted by Gasteiger charge is -2.47. The van der Waals surface area contributed by atoms with Crippen LogP contribution in [0.5, 0.6) is 11.5 Å². The fraction of sp³-hybridized carbons (Fsp3) is 0.273. The van der Waals surface area contributed by atoms with Crippen molar-refractivity contribution in [2.45, 2.75) is 19.8 Å². The van der Waals surface area contributed by atoms with Crippen molar-refractivity contribution in [3.8, 4) is 11.5 Å². The normalized spacial score (nSPS) is 25.6. The second-order valence-electron chi connectivity index (χ2n) is 15.2. The van der Waals surface area contributed by atoms with Crippen LogP contribution >= 0.6 is 11.6 Å². The third-order valence-corrected chi connectivity index (χ3v) is 12.2. The van der Waals surface area contributed by atoms with Crippen molar-refractivity contribution in [1.82, 2.24) is 0 Å². The molecule has 0 unspecified atom stereocenters. The van der Waals surface area contributed by atoms with E-state index in [0.29, 0.717) is 22.6 Å². The predicted molar refractivity (Wildman–Crippen MR) is 214 cm³/mol. The summed E-state index contributed by atoms with van der Waals surface area (Å²) in [6, 6.07) is 22.9. The maximum atomic E-state index is 14.6. The Morgan fingerprint density at radius 1 is 0.860 bits per heavy atom. The maximum Gasteiger partial charge on any atom is 0.241 e. The quantitative estimate of drug-likeness (QED) is 0.107. The average Bonchev–Trinajstić information content (AvgIpc) is 3.57. The molecule has 6 atom stereocenters. The van der Waals surface area contributed by atoms with Gasteiger partial charge in [0.05, 0.1) is 58.1 Å². The fourth-order valence-electron chi connectivity index (χ4n) is 8.95. The van der Waals surface area contributed by atoms with E-state index in [1.54, 1.807) is 49.4 Å². The van der Waals surface area contributed by atoms with Crippen molar-refractivity contribution >= 4 is 69.7 Å². The number of carbonyl (C=O) groups is 4. The van der Waals surface area contributed by atoms with Crippen molar-refractivity contribution in [2.24, 2.45) is 45.2 Å². The van der Waals surface area contributed by atoms with E-state index in [0.717, 1.165) is 22.2 Å². The molecular weight excluding hydrogens is 749 g/mol. The number of aromatic hydroxyl groups is 1. The molecule has 0 radical (unpaired) electrons. The molecule has 2 aliphatic heterocycles. The van der Waals surface area contributed by atoms with E-state index in [1.165, 1.54) is 30.2 Å². The van der Waals surface area contributed by atoms with Gasteiger partial charge in [0.1, 0.15) is 5.82 Å². The number of ether oxygens (including phenoxy) is 1. The second kappa shape index (κ2) is 14.4. The maximum absolute atomic E-state index is 14.6. The van der Waals surface area contributed by atoms with Gasteiger partial charge in [-0.2, -0.15) is 10.2 Å². The monoisotopic (exact) mass is 787 g/mol. The third kappa shape index (κ3) is 6.28. The number of phenolic OH excluding ortho intramolecular Hbond substituents is 1. The number of phenols is 1. The summed E-state index contributed by atoms with van der Waals surface area (Å²) in [5.74, 6) is -5.63. The number of methoxy groups -OCH3 is 1. The van der Waals surface area contributed by atoms with Crippen LogP contribution in [0.15, 0.2) is 113 Å². The number of benzene rings is 4. The fourth-order valence-corrected chi connectivity index (χ4v) is 9.12. The minimum atomic E-state index is -1.30. The van der Waals surface area contributed by atoms with Crippen LogP contribution in [-0.4, -0.2) is 49.9 Å². The molecule has 0 spiro atoms. The van der Waals surface area contributed by atoms with Gasteiger partial charge >= 0.3 is 0 Å². The summed E-state index contributed by atoms with van der Waals surface area (Å²) in [4.78, 5) is 61.9. The molecule has 1 N–H and O–H groups in total. The molecule has 4 aliphatic rings. The molecule has 2 heterocycles. The van der Waals surface area contributed by atoms with Crippen LogP contribution in [0.25, 0.3) is 6.08 Å². The van der Waals surface area contributed by atoms with Crippen LogP contribution in [0.3, 0.4) is 0 Å². The molecule has 0 bridgehead atoms. The van der Waals surface area contributed by atoms with Crippen molar-refractivity contribution in [3.05, 3.63) is 119 Å². The highest BCUT2D eigenvalue weighted by Crippen LogP contribution is 2.61. The largest absolute Gasteiger partial charge is 0.504 e. The number of hydrogen-bond donors (Lipinski definition) is 1. The van der Waals surface area contributed by atoms with E-state index < -0.39 is 52.6 Å². The van der Waals surface area contributed by atoms with Gasteiger partial charge in [0, 0.05) is 25.7 Å². The third-order valence-electron chi connectivity index (χ3n) is 11.9. The van der Waals surface area contributed by atoms with Gasteiger partial charge in [-0.1, -0.05) is 41.5 Å². The highest BCUT2D eigenvalue weighted by atomic mass is 35.5. The Balaban J connectivity index is 1.12. The van der Waals surface area contributed by atoms with E-state index in [9.17, 15) is 28.7 Å². The van der Waals surface area contributed by atoms with Gasteiger partial charge in [-0.15, -0.1) is 0 Å². The van der Waals surface area contributed by atoms with E-state index in [4.69, 9.17) is 16.3 Å². The number of anilines is 3. The Labute approximate surface area is 333 Å². The van der Waals surface area contributed by atoms with Crippen molar-refractivity contribution in [2.75, 3.05) is 35.9 Å². The number of fused-ring (bicyclic) bond motifs is 4. The van der Waals surface area contributed by atoms with Crippen molar-refractivity contribution < 1.29 is 33.4 Å². The van der Waals surface area contributed by atoms with Gasteiger partial charge in [0.2, 0.25) is 23.6 Å². The molecule has 13 heteroatoms. The van der Waals surface area contributed by atoms with E-state index in [2.05, 4.69) is 10.2 Å². The van der Waals surface area contributed by atoms with Crippen LogP contribution in [0.1, 0.15) is 25.3 Å². The SMILES string of the molecule is COc1cc(C=C[C@H]2C3=CC[C@@H]4C(=O)N(c5ccc(N=Nc6ccc(N(C)C)cc6)cc5)C(=O)[C@@H]4[C@@H]3C[C@H]3C(=O)N(c4ccc(F)c(Cl)c4)C(=O)[C@@]23C)ccc1O. The Kier molecular flexibility index (Phi) is 9.55. The molecule has 2 aliphatic carbocycles. The van der Waals surface area contributed by atoms with Crippen LogP contribution in [0, 0.1) is 40.8 Å². The molecule has 11 nitrogen and oxygen atoms in total. The van der Waals surface area contributed by atoms with Crippen molar-refractivity contribution in [1.29, 1.82) is 0 Å². The minimum absolute atomic E-state index is 0.0374. The molecule has 4 aromatic carbocycles. The first-order chi connectivity index (χ1) is 27.3. The Morgan fingerprint density at radius 2 is 1.53 bits per heavy atom. The summed E-state index contributed by atoms with van der Waals surface area (Å²) >= 11 is 6.12. The number of imide groups is 2. The zero-order chi connectivity index (χ0) is 40.3. The first-order valence-corrected chi connectivity index (χ1v) is 18.9. The molecule has 4 amide bonds. The number of allylic oxidation sites excluding steroid dienone is 3. The predicted octanol–water partition coefficient (Wildman–Crippen LogP) is 8.66. The summed E-state index contributed by atoms with van der Waals surface area (Å²) in [6.45, 7) is 1.75. The number of azo groups is 1. The molecule has 0 aromatic heterocycles. The zero-order valence-corrected chi connectivity index (χ0v) is 32.4. The van der Waals surface area contributed by atoms with Gasteiger partial charge in [-0.05, 0) is 110 Å². The topological polar surface area (TPSA) is 132 Å². The highest BCUT2D eigenvalue weighted by molar-refractivity contribution is 6.32. The minimum Gasteiger partial charge on any atom is -0.504 e. The van der Waals surface area contributed by atoms with Gasteiger partial charge in [-0.25, -0.2) is 9.29 Å². The first kappa shape index (κ1) is 37.8. The molecule has 1 saturated carbocycles. The van der Waals surface area contributed by atoms with Crippen LogP contribution in [0.2, 0.25) is 5.02 Å². The molecule has 2 saturated heterocycles. The lowest BCUT2D eigenvalue weighted by Crippen LogP contribution is -2.49. The second-order valence-corrected chi connectivity index (χ2v) is 15.6. The number of rotatable bonds is 8. The Bertz CT molecular complexity index is 2410. The van der Waals surface area contributed by atoms with Gasteiger partial charge < -0.3 is 14.7 Å². The molecule has 290 valence electrons. The first-order valence-electron chi connectivity index (χ1n) is 18.6. The van der Waals surface area contributed by atoms with Crippen LogP contribution in [0.4, 0.5) is 32.8 Å². The van der Waals surface area contributed by atoms with E-state index in [-0.39, 0.29) is 46.9 Å². The summed E-state index contributed by atoms with van der Waals surface area (Å²) < 4.78 is 19.5. The molecule has 4 aromatic rings. The summed E-state index contributed by atoms with van der Waals surface area (Å²) in [7, 11) is 5.35. The number of halogens is 2. The number of hydrogen-bond acceptors (Lipinski definition) is 9. The lowest BCUT2D eigenvalue weighted by molar-refractivity contribution is -0.132. The average molecular weight is 788 g/mol. The van der Waals surface area contributed by atoms with Crippen molar-refractivity contribution in [3.63, 3.8) is 0 Å².